The highest BCUT2D eigenvalue weighted by molar-refractivity contribution is 5.86. The zero-order valence-corrected chi connectivity index (χ0v) is 15.9. The van der Waals surface area contributed by atoms with Crippen LogP contribution in [-0.4, -0.2) is 19.9 Å². The van der Waals surface area contributed by atoms with Crippen molar-refractivity contribution in [1.82, 2.24) is 19.9 Å². The summed E-state index contributed by atoms with van der Waals surface area (Å²) in [6, 6.07) is 28.6. The second-order valence-electron chi connectivity index (χ2n) is 6.88. The SMILES string of the molecule is Cc1nc(-c2ccc(-c3ccccn3)cc2)nc(-c2ccc3ccccc3c2)n1. The second-order valence-corrected chi connectivity index (χ2v) is 6.88. The Morgan fingerprint density at radius 2 is 1.21 bits per heavy atom. The molecule has 0 fully saturated rings. The molecule has 0 spiro atoms. The van der Waals surface area contributed by atoms with E-state index in [1.165, 1.54) is 10.8 Å². The van der Waals surface area contributed by atoms with Gasteiger partial charge in [-0.15, -0.1) is 0 Å². The summed E-state index contributed by atoms with van der Waals surface area (Å²) in [6.45, 7) is 1.90. The molecule has 5 aromatic rings. The number of benzene rings is 3. The fraction of sp³-hybridized carbons (Fsp3) is 0.0400. The zero-order valence-electron chi connectivity index (χ0n) is 15.9. The summed E-state index contributed by atoms with van der Waals surface area (Å²) in [5, 5.41) is 2.37. The minimum atomic E-state index is 0.674. The van der Waals surface area contributed by atoms with E-state index in [0.29, 0.717) is 17.5 Å². The molecule has 3 aromatic carbocycles. The van der Waals surface area contributed by atoms with E-state index in [0.717, 1.165) is 22.4 Å². The van der Waals surface area contributed by atoms with Gasteiger partial charge < -0.3 is 0 Å². The molecule has 0 radical (unpaired) electrons. The van der Waals surface area contributed by atoms with Gasteiger partial charge in [-0.3, -0.25) is 4.98 Å². The molecule has 0 N–H and O–H groups in total. The quantitative estimate of drug-likeness (QED) is 0.405. The van der Waals surface area contributed by atoms with E-state index >= 15 is 0 Å². The number of aryl methyl sites for hydroxylation is 1. The maximum absolute atomic E-state index is 4.75. The van der Waals surface area contributed by atoms with Crippen molar-refractivity contribution in [3.05, 3.63) is 97.0 Å². The van der Waals surface area contributed by atoms with Crippen LogP contribution in [0.25, 0.3) is 44.8 Å². The van der Waals surface area contributed by atoms with Crippen molar-refractivity contribution >= 4 is 10.8 Å². The van der Waals surface area contributed by atoms with Crippen LogP contribution in [0.1, 0.15) is 5.82 Å². The number of nitrogens with zero attached hydrogens (tertiary/aromatic N) is 4. The van der Waals surface area contributed by atoms with E-state index in [-0.39, 0.29) is 0 Å². The largest absolute Gasteiger partial charge is 0.256 e. The highest BCUT2D eigenvalue weighted by Crippen LogP contribution is 2.25. The first-order chi connectivity index (χ1) is 14.3. The van der Waals surface area contributed by atoms with Gasteiger partial charge in [-0.1, -0.05) is 66.7 Å². The summed E-state index contributed by atoms with van der Waals surface area (Å²) in [4.78, 5) is 18.3. The Labute approximate surface area is 169 Å². The molecule has 138 valence electrons. The first-order valence-corrected chi connectivity index (χ1v) is 9.50. The number of aromatic nitrogens is 4. The predicted octanol–water partition coefficient (Wildman–Crippen LogP) is 5.73. The van der Waals surface area contributed by atoms with Gasteiger partial charge in [-0.2, -0.15) is 0 Å². The number of hydrogen-bond donors (Lipinski definition) is 0. The minimum Gasteiger partial charge on any atom is -0.256 e. The molecule has 0 aliphatic heterocycles. The molecule has 4 heteroatoms. The molecule has 0 saturated heterocycles. The molecule has 0 saturated carbocycles. The Bertz CT molecular complexity index is 1300. The number of pyridine rings is 1. The molecular weight excluding hydrogens is 356 g/mol. The van der Waals surface area contributed by atoms with Gasteiger partial charge in [-0.25, -0.2) is 15.0 Å². The van der Waals surface area contributed by atoms with Gasteiger partial charge in [0.25, 0.3) is 0 Å². The maximum Gasteiger partial charge on any atom is 0.163 e. The molecule has 0 bridgehead atoms. The fourth-order valence-corrected chi connectivity index (χ4v) is 3.39. The maximum atomic E-state index is 4.75. The van der Waals surface area contributed by atoms with Gasteiger partial charge in [0.05, 0.1) is 5.69 Å². The van der Waals surface area contributed by atoms with Crippen LogP contribution in [0, 0.1) is 6.92 Å². The second kappa shape index (κ2) is 7.24. The Balaban J connectivity index is 1.53. The molecule has 0 atom stereocenters. The van der Waals surface area contributed by atoms with Crippen LogP contribution in [0.15, 0.2) is 91.1 Å². The van der Waals surface area contributed by atoms with Gasteiger partial charge in [0.15, 0.2) is 11.6 Å². The lowest BCUT2D eigenvalue weighted by atomic mass is 10.1. The monoisotopic (exact) mass is 374 g/mol. The minimum absolute atomic E-state index is 0.674. The molecule has 5 rings (SSSR count). The number of rotatable bonds is 3. The van der Waals surface area contributed by atoms with Crippen molar-refractivity contribution in [3.63, 3.8) is 0 Å². The molecular formula is C25H18N4. The Kier molecular flexibility index (Phi) is 4.30. The average molecular weight is 374 g/mol. The topological polar surface area (TPSA) is 51.6 Å². The van der Waals surface area contributed by atoms with E-state index in [2.05, 4.69) is 45.3 Å². The first kappa shape index (κ1) is 17.2. The van der Waals surface area contributed by atoms with Crippen LogP contribution in [0.4, 0.5) is 0 Å². The molecule has 2 heterocycles. The fourth-order valence-electron chi connectivity index (χ4n) is 3.39. The Hall–Kier alpha value is -3.92. The lowest BCUT2D eigenvalue weighted by Crippen LogP contribution is -1.99. The van der Waals surface area contributed by atoms with Gasteiger partial charge in [0, 0.05) is 22.9 Å². The van der Waals surface area contributed by atoms with Crippen LogP contribution >= 0.6 is 0 Å². The lowest BCUT2D eigenvalue weighted by molar-refractivity contribution is 0.992. The van der Waals surface area contributed by atoms with Gasteiger partial charge >= 0.3 is 0 Å². The smallest absolute Gasteiger partial charge is 0.163 e. The number of fused-ring (bicyclic) bond motifs is 1. The van der Waals surface area contributed by atoms with Crippen molar-refractivity contribution in [3.8, 4) is 34.0 Å². The highest BCUT2D eigenvalue weighted by atomic mass is 15.0. The molecule has 29 heavy (non-hydrogen) atoms. The third-order valence-electron chi connectivity index (χ3n) is 4.86. The Morgan fingerprint density at radius 1 is 0.552 bits per heavy atom. The van der Waals surface area contributed by atoms with Crippen LogP contribution in [0.2, 0.25) is 0 Å². The summed E-state index contributed by atoms with van der Waals surface area (Å²) in [6.07, 6.45) is 1.80. The van der Waals surface area contributed by atoms with E-state index in [1.54, 1.807) is 6.20 Å². The predicted molar refractivity (Wildman–Crippen MR) is 116 cm³/mol. The van der Waals surface area contributed by atoms with Crippen molar-refractivity contribution in [1.29, 1.82) is 0 Å². The third-order valence-corrected chi connectivity index (χ3v) is 4.86. The summed E-state index contributed by atoms with van der Waals surface area (Å²) in [7, 11) is 0. The van der Waals surface area contributed by atoms with Crippen LogP contribution in [0.5, 0.6) is 0 Å². The molecule has 4 nitrogen and oxygen atoms in total. The molecule has 0 aliphatic carbocycles. The van der Waals surface area contributed by atoms with E-state index < -0.39 is 0 Å². The molecule has 0 aliphatic rings. The Morgan fingerprint density at radius 3 is 1.97 bits per heavy atom. The van der Waals surface area contributed by atoms with Crippen molar-refractivity contribution in [2.45, 2.75) is 6.92 Å². The summed E-state index contributed by atoms with van der Waals surface area (Å²) < 4.78 is 0. The molecule has 0 unspecified atom stereocenters. The van der Waals surface area contributed by atoms with Crippen LogP contribution in [0.3, 0.4) is 0 Å². The summed E-state index contributed by atoms with van der Waals surface area (Å²) >= 11 is 0. The van der Waals surface area contributed by atoms with Gasteiger partial charge in [0.2, 0.25) is 0 Å². The van der Waals surface area contributed by atoms with Gasteiger partial charge in [-0.05, 0) is 35.9 Å². The van der Waals surface area contributed by atoms with Crippen LogP contribution in [-0.2, 0) is 0 Å². The number of hydrogen-bond acceptors (Lipinski definition) is 4. The standard InChI is InChI=1S/C25H18N4/c1-17-27-24(20-12-10-19(11-13-20)23-8-4-5-15-26-23)29-25(28-17)22-14-9-18-6-2-3-7-21(18)16-22/h2-16H,1H3. The van der Waals surface area contributed by atoms with E-state index in [4.69, 9.17) is 4.98 Å². The highest BCUT2D eigenvalue weighted by Gasteiger charge is 2.10. The normalized spacial score (nSPS) is 10.9. The van der Waals surface area contributed by atoms with Crippen molar-refractivity contribution in [2.75, 3.05) is 0 Å². The van der Waals surface area contributed by atoms with Crippen molar-refractivity contribution in [2.24, 2.45) is 0 Å². The van der Waals surface area contributed by atoms with Crippen LogP contribution < -0.4 is 0 Å². The van der Waals surface area contributed by atoms with E-state index in [1.807, 2.05) is 61.5 Å². The zero-order chi connectivity index (χ0) is 19.6. The molecule has 0 amide bonds. The lowest BCUT2D eigenvalue weighted by Gasteiger charge is -2.07. The summed E-state index contributed by atoms with van der Waals surface area (Å²) in [5.41, 5.74) is 3.95. The third kappa shape index (κ3) is 3.48. The molecule has 2 aromatic heterocycles. The van der Waals surface area contributed by atoms with Gasteiger partial charge in [0.1, 0.15) is 5.82 Å². The van der Waals surface area contributed by atoms with E-state index in [9.17, 15) is 0 Å². The summed E-state index contributed by atoms with van der Waals surface area (Å²) in [5.74, 6) is 2.06. The average Bonchev–Trinajstić information content (AvgIpc) is 2.79. The van der Waals surface area contributed by atoms with Crippen molar-refractivity contribution < 1.29 is 0 Å². The first-order valence-electron chi connectivity index (χ1n) is 9.50.